The number of carbonyl (C=O) groups excluding carboxylic acids is 1. The highest BCUT2D eigenvalue weighted by Gasteiger charge is 2.07. The van der Waals surface area contributed by atoms with Gasteiger partial charge in [-0.15, -0.1) is 0 Å². The number of hydrogen-bond donors (Lipinski definition) is 0. The van der Waals surface area contributed by atoms with Crippen molar-refractivity contribution < 1.29 is 9.53 Å². The molecule has 0 saturated heterocycles. The molecule has 0 aromatic carbocycles. The van der Waals surface area contributed by atoms with E-state index in [1.54, 1.807) is 0 Å². The average molecular weight is 242 g/mol. The Balaban J connectivity index is 3.28. The number of ether oxygens (including phenoxy) is 1. The number of esters is 1. The first-order valence-corrected chi connectivity index (χ1v) is 4.23. The van der Waals surface area contributed by atoms with Crippen molar-refractivity contribution in [1.82, 2.24) is 0 Å². The zero-order chi connectivity index (χ0) is 7.28. The summed E-state index contributed by atoms with van der Waals surface area (Å²) in [6, 6.07) is 0. The summed E-state index contributed by atoms with van der Waals surface area (Å²) < 4.78 is 4.79. The van der Waals surface area contributed by atoms with Crippen molar-refractivity contribution in [2.45, 2.75) is 24.2 Å². The van der Waals surface area contributed by atoms with Crippen molar-refractivity contribution >= 4 is 28.6 Å². The number of alkyl halides is 1. The van der Waals surface area contributed by atoms with Crippen molar-refractivity contribution in [3.05, 3.63) is 0 Å². The first-order chi connectivity index (χ1) is 4.18. The Morgan fingerprint density at radius 1 is 1.78 bits per heavy atom. The van der Waals surface area contributed by atoms with Crippen molar-refractivity contribution in [2.75, 3.05) is 6.61 Å². The maximum absolute atomic E-state index is 10.7. The molecular formula is C6H11IO2. The molecule has 1 unspecified atom stereocenters. The minimum Gasteiger partial charge on any atom is -0.465 e. The molecule has 54 valence electrons. The molecule has 0 radical (unpaired) electrons. The van der Waals surface area contributed by atoms with Crippen LogP contribution in [-0.2, 0) is 9.53 Å². The molecule has 9 heavy (non-hydrogen) atoms. The first-order valence-electron chi connectivity index (χ1n) is 2.99. The van der Waals surface area contributed by atoms with Gasteiger partial charge < -0.3 is 4.74 Å². The van der Waals surface area contributed by atoms with Gasteiger partial charge in [0.15, 0.2) is 0 Å². The monoisotopic (exact) mass is 242 g/mol. The molecule has 0 rings (SSSR count). The summed E-state index contributed by atoms with van der Waals surface area (Å²) >= 11 is 2.03. The van der Waals surface area contributed by atoms with E-state index in [9.17, 15) is 4.79 Å². The van der Waals surface area contributed by atoms with Gasteiger partial charge in [-0.2, -0.15) is 0 Å². The minimum absolute atomic E-state index is 0.0193. The Kier molecular flexibility index (Phi) is 5.13. The van der Waals surface area contributed by atoms with Gasteiger partial charge in [-0.1, -0.05) is 29.5 Å². The fourth-order valence-corrected chi connectivity index (χ4v) is 0.497. The van der Waals surface area contributed by atoms with E-state index in [0.29, 0.717) is 6.61 Å². The molecule has 0 aliphatic heterocycles. The van der Waals surface area contributed by atoms with Crippen molar-refractivity contribution in [2.24, 2.45) is 0 Å². The highest BCUT2D eigenvalue weighted by molar-refractivity contribution is 14.1. The van der Waals surface area contributed by atoms with Crippen molar-refractivity contribution in [3.63, 3.8) is 0 Å². The summed E-state index contributed by atoms with van der Waals surface area (Å²) in [5.41, 5.74) is 0. The van der Waals surface area contributed by atoms with Crippen LogP contribution in [0.1, 0.15) is 20.3 Å². The van der Waals surface area contributed by atoms with E-state index in [0.717, 1.165) is 6.42 Å². The Morgan fingerprint density at radius 3 is 2.67 bits per heavy atom. The van der Waals surface area contributed by atoms with Gasteiger partial charge in [0.2, 0.25) is 0 Å². The van der Waals surface area contributed by atoms with Crippen molar-refractivity contribution in [1.29, 1.82) is 0 Å². The molecular weight excluding hydrogens is 231 g/mol. The summed E-state index contributed by atoms with van der Waals surface area (Å²) in [6.07, 6.45) is 0.898. The summed E-state index contributed by atoms with van der Waals surface area (Å²) in [5.74, 6) is -0.113. The van der Waals surface area contributed by atoms with E-state index in [-0.39, 0.29) is 9.89 Å². The number of halogens is 1. The Labute approximate surface area is 69.1 Å². The highest BCUT2D eigenvalue weighted by atomic mass is 127. The molecule has 0 aromatic heterocycles. The standard InChI is InChI=1S/C6H11IO2/c1-3-4-9-6(8)5(2)7/h5H,3-4H2,1-2H3. The normalized spacial score (nSPS) is 12.8. The highest BCUT2D eigenvalue weighted by Crippen LogP contribution is 2.00. The first kappa shape index (κ1) is 9.20. The lowest BCUT2D eigenvalue weighted by molar-refractivity contribution is -0.142. The van der Waals surface area contributed by atoms with Gasteiger partial charge in [-0.3, -0.25) is 4.79 Å². The van der Waals surface area contributed by atoms with E-state index in [1.807, 2.05) is 36.4 Å². The Morgan fingerprint density at radius 2 is 2.33 bits per heavy atom. The lowest BCUT2D eigenvalue weighted by Gasteiger charge is -2.02. The van der Waals surface area contributed by atoms with Crippen LogP contribution in [0.3, 0.4) is 0 Å². The van der Waals surface area contributed by atoms with Crippen LogP contribution in [0.15, 0.2) is 0 Å². The summed E-state index contributed by atoms with van der Waals surface area (Å²) in [4.78, 5) is 10.7. The third kappa shape index (κ3) is 4.69. The molecule has 0 aliphatic rings. The van der Waals surface area contributed by atoms with Gasteiger partial charge in [-0.25, -0.2) is 0 Å². The van der Waals surface area contributed by atoms with E-state index in [4.69, 9.17) is 4.74 Å². The largest absolute Gasteiger partial charge is 0.465 e. The van der Waals surface area contributed by atoms with Gasteiger partial charge in [0, 0.05) is 0 Å². The molecule has 0 aliphatic carbocycles. The lowest BCUT2D eigenvalue weighted by Crippen LogP contribution is -2.13. The van der Waals surface area contributed by atoms with Crippen molar-refractivity contribution in [3.8, 4) is 0 Å². The van der Waals surface area contributed by atoms with Gasteiger partial charge in [-0.05, 0) is 13.3 Å². The molecule has 0 heterocycles. The van der Waals surface area contributed by atoms with Gasteiger partial charge in [0.1, 0.15) is 3.92 Å². The SMILES string of the molecule is CCCOC(=O)C(C)I. The molecule has 0 spiro atoms. The third-order valence-electron chi connectivity index (χ3n) is 0.773. The van der Waals surface area contributed by atoms with Crippen LogP contribution in [0.2, 0.25) is 0 Å². The molecule has 3 heteroatoms. The zero-order valence-electron chi connectivity index (χ0n) is 5.69. The molecule has 2 nitrogen and oxygen atoms in total. The zero-order valence-corrected chi connectivity index (χ0v) is 7.84. The van der Waals surface area contributed by atoms with Crippen LogP contribution >= 0.6 is 22.6 Å². The van der Waals surface area contributed by atoms with Gasteiger partial charge >= 0.3 is 5.97 Å². The molecule has 0 fully saturated rings. The molecule has 0 aromatic rings. The molecule has 0 amide bonds. The molecule has 0 saturated carbocycles. The smallest absolute Gasteiger partial charge is 0.318 e. The summed E-state index contributed by atoms with van der Waals surface area (Å²) in [6.45, 7) is 4.34. The summed E-state index contributed by atoms with van der Waals surface area (Å²) in [5, 5.41) is 0. The van der Waals surface area contributed by atoms with E-state index in [2.05, 4.69) is 0 Å². The maximum Gasteiger partial charge on any atom is 0.318 e. The fraction of sp³-hybridized carbons (Fsp3) is 0.833. The summed E-state index contributed by atoms with van der Waals surface area (Å²) in [7, 11) is 0. The number of hydrogen-bond acceptors (Lipinski definition) is 2. The second-order valence-electron chi connectivity index (χ2n) is 1.78. The van der Waals surface area contributed by atoms with E-state index < -0.39 is 0 Å². The minimum atomic E-state index is -0.113. The molecule has 1 atom stereocenters. The molecule has 0 N–H and O–H groups in total. The maximum atomic E-state index is 10.7. The average Bonchev–Trinajstić information content (AvgIpc) is 1.82. The van der Waals surface area contributed by atoms with Crippen LogP contribution in [0.4, 0.5) is 0 Å². The Hall–Kier alpha value is 0.200. The number of carbonyl (C=O) groups is 1. The topological polar surface area (TPSA) is 26.3 Å². The van der Waals surface area contributed by atoms with Crippen LogP contribution in [-0.4, -0.2) is 16.5 Å². The van der Waals surface area contributed by atoms with Crippen LogP contribution in [0, 0.1) is 0 Å². The number of rotatable bonds is 3. The predicted molar refractivity (Wildman–Crippen MR) is 44.7 cm³/mol. The van der Waals surface area contributed by atoms with Gasteiger partial charge in [0.05, 0.1) is 6.61 Å². The third-order valence-corrected chi connectivity index (χ3v) is 1.28. The molecule has 0 bridgehead atoms. The van der Waals surface area contributed by atoms with Crippen LogP contribution < -0.4 is 0 Å². The van der Waals surface area contributed by atoms with E-state index >= 15 is 0 Å². The Bertz CT molecular complexity index is 91.1. The second-order valence-corrected chi connectivity index (χ2v) is 3.65. The van der Waals surface area contributed by atoms with Crippen LogP contribution in [0.5, 0.6) is 0 Å². The predicted octanol–water partition coefficient (Wildman–Crippen LogP) is 1.76. The fourth-order valence-electron chi connectivity index (χ4n) is 0.317. The van der Waals surface area contributed by atoms with E-state index in [1.165, 1.54) is 0 Å². The van der Waals surface area contributed by atoms with Gasteiger partial charge in [0.25, 0.3) is 0 Å². The lowest BCUT2D eigenvalue weighted by atomic mass is 10.5. The second kappa shape index (κ2) is 5.02. The quantitative estimate of drug-likeness (QED) is 0.428. The van der Waals surface area contributed by atoms with Crippen LogP contribution in [0.25, 0.3) is 0 Å².